The molecule has 5 heteroatoms. The minimum atomic E-state index is 0.204. The molecule has 0 spiro atoms. The summed E-state index contributed by atoms with van der Waals surface area (Å²) in [4.78, 5) is 17.7. The monoisotopic (exact) mass is 287 g/mol. The Morgan fingerprint density at radius 1 is 1.45 bits per heavy atom. The quantitative estimate of drug-likeness (QED) is 0.877. The number of hydrogen-bond donors (Lipinski definition) is 1. The lowest BCUT2D eigenvalue weighted by atomic mass is 9.93. The minimum absolute atomic E-state index is 0.204. The molecule has 104 valence electrons. The summed E-state index contributed by atoms with van der Waals surface area (Å²) < 4.78 is 2.03. The highest BCUT2D eigenvalue weighted by atomic mass is 32.1. The van der Waals surface area contributed by atoms with Gasteiger partial charge in [0.05, 0.1) is 5.69 Å². The Bertz CT molecular complexity index is 643. The van der Waals surface area contributed by atoms with E-state index in [2.05, 4.69) is 22.5 Å². The first-order valence-electron chi connectivity index (χ1n) is 7.17. The van der Waals surface area contributed by atoms with Crippen molar-refractivity contribution in [2.45, 2.75) is 19.3 Å². The van der Waals surface area contributed by atoms with Crippen LogP contribution in [0.5, 0.6) is 0 Å². The van der Waals surface area contributed by atoms with Crippen LogP contribution in [0.4, 0.5) is 0 Å². The number of hydrogen-bond acceptors (Lipinski definition) is 3. The normalized spacial score (nSPS) is 27.5. The molecule has 0 aromatic carbocycles. The number of carbonyl (C=O) groups is 1. The summed E-state index contributed by atoms with van der Waals surface area (Å²) in [5.41, 5.74) is 1.05. The fraction of sp³-hybridized carbons (Fsp3) is 0.467. The fourth-order valence-electron chi connectivity index (χ4n) is 3.42. The lowest BCUT2D eigenvalue weighted by Gasteiger charge is -2.17. The van der Waals surface area contributed by atoms with Crippen molar-refractivity contribution in [2.24, 2.45) is 17.8 Å². The summed E-state index contributed by atoms with van der Waals surface area (Å²) in [7, 11) is 0. The third kappa shape index (κ3) is 2.06. The van der Waals surface area contributed by atoms with Crippen molar-refractivity contribution in [1.82, 2.24) is 14.7 Å². The number of carbonyl (C=O) groups excluding carboxylic acids is 1. The number of rotatable bonds is 4. The molecule has 4 rings (SSSR count). The van der Waals surface area contributed by atoms with Crippen LogP contribution < -0.4 is 5.32 Å². The van der Waals surface area contributed by atoms with Gasteiger partial charge in [0.25, 0.3) is 0 Å². The zero-order chi connectivity index (χ0) is 13.5. The van der Waals surface area contributed by atoms with E-state index in [1.807, 2.05) is 22.2 Å². The summed E-state index contributed by atoms with van der Waals surface area (Å²) in [6, 6.07) is 0. The van der Waals surface area contributed by atoms with Crippen molar-refractivity contribution in [3.05, 3.63) is 35.6 Å². The first-order valence-corrected chi connectivity index (χ1v) is 8.04. The number of imidazole rings is 1. The molecule has 2 bridgehead atoms. The largest absolute Gasteiger partial charge is 0.355 e. The first kappa shape index (κ1) is 12.1. The SMILES string of the molecule is O=C(NCCc1cn2ccsc2n1)[C@H]1C[C@@H]2C=C[C@H]1C2. The smallest absolute Gasteiger partial charge is 0.223 e. The molecule has 20 heavy (non-hydrogen) atoms. The molecule has 0 aliphatic heterocycles. The van der Waals surface area contributed by atoms with E-state index in [0.29, 0.717) is 18.4 Å². The number of thiazole rings is 1. The van der Waals surface area contributed by atoms with Crippen LogP contribution in [0.2, 0.25) is 0 Å². The molecule has 0 radical (unpaired) electrons. The molecule has 1 saturated carbocycles. The Labute approximate surface area is 121 Å². The molecule has 2 aliphatic carbocycles. The second kappa shape index (κ2) is 4.74. The van der Waals surface area contributed by atoms with Crippen LogP contribution in [-0.2, 0) is 11.2 Å². The highest BCUT2D eigenvalue weighted by Crippen LogP contribution is 2.43. The molecule has 1 fully saturated rings. The molecule has 2 heterocycles. The van der Waals surface area contributed by atoms with E-state index in [1.165, 1.54) is 6.42 Å². The molecule has 0 saturated heterocycles. The van der Waals surface area contributed by atoms with Crippen LogP contribution in [0.25, 0.3) is 4.96 Å². The van der Waals surface area contributed by atoms with E-state index in [-0.39, 0.29) is 11.8 Å². The van der Waals surface area contributed by atoms with Gasteiger partial charge < -0.3 is 5.32 Å². The molecule has 4 nitrogen and oxygen atoms in total. The summed E-state index contributed by atoms with van der Waals surface area (Å²) in [6.45, 7) is 0.682. The predicted molar refractivity (Wildman–Crippen MR) is 78.6 cm³/mol. The molecular formula is C15H17N3OS. The van der Waals surface area contributed by atoms with E-state index in [4.69, 9.17) is 0 Å². The van der Waals surface area contributed by atoms with Gasteiger partial charge in [-0.3, -0.25) is 9.20 Å². The molecule has 2 aliphatic rings. The van der Waals surface area contributed by atoms with Crippen LogP contribution in [0.15, 0.2) is 29.9 Å². The summed E-state index contributed by atoms with van der Waals surface area (Å²) in [5.74, 6) is 1.56. The molecule has 0 unspecified atom stereocenters. The van der Waals surface area contributed by atoms with Crippen molar-refractivity contribution < 1.29 is 4.79 Å². The van der Waals surface area contributed by atoms with Gasteiger partial charge in [-0.05, 0) is 24.7 Å². The zero-order valence-electron chi connectivity index (χ0n) is 11.2. The average Bonchev–Trinajstić information content (AvgIpc) is 3.17. The van der Waals surface area contributed by atoms with Gasteiger partial charge in [0.2, 0.25) is 5.91 Å². The standard InChI is InChI=1S/C15H17N3OS/c19-14(13-8-10-1-2-11(13)7-10)16-4-3-12-9-18-5-6-20-15(18)17-12/h1-2,5-6,9-11,13H,3-4,7-8H2,(H,16,19)/t10-,11+,13+/m1/s1. The zero-order valence-corrected chi connectivity index (χ0v) is 12.0. The highest BCUT2D eigenvalue weighted by molar-refractivity contribution is 7.15. The Kier molecular flexibility index (Phi) is 2.88. The van der Waals surface area contributed by atoms with Crippen molar-refractivity contribution in [1.29, 1.82) is 0 Å². The molecule has 2 aromatic heterocycles. The Morgan fingerprint density at radius 3 is 3.15 bits per heavy atom. The van der Waals surface area contributed by atoms with Crippen molar-refractivity contribution in [3.63, 3.8) is 0 Å². The summed E-state index contributed by atoms with van der Waals surface area (Å²) >= 11 is 1.63. The van der Waals surface area contributed by atoms with Gasteiger partial charge in [-0.25, -0.2) is 4.98 Å². The lowest BCUT2D eigenvalue weighted by Crippen LogP contribution is -2.34. The topological polar surface area (TPSA) is 46.4 Å². The Hall–Kier alpha value is -1.62. The van der Waals surface area contributed by atoms with Gasteiger partial charge in [-0.15, -0.1) is 11.3 Å². The number of fused-ring (bicyclic) bond motifs is 3. The van der Waals surface area contributed by atoms with E-state index in [9.17, 15) is 4.79 Å². The second-order valence-corrected chi connectivity index (χ2v) is 6.63. The maximum absolute atomic E-state index is 12.2. The van der Waals surface area contributed by atoms with Gasteiger partial charge in [-0.1, -0.05) is 12.2 Å². The molecule has 1 amide bonds. The third-order valence-electron chi connectivity index (χ3n) is 4.44. The predicted octanol–water partition coefficient (Wildman–Crippen LogP) is 2.27. The van der Waals surface area contributed by atoms with E-state index < -0.39 is 0 Å². The third-order valence-corrected chi connectivity index (χ3v) is 5.21. The summed E-state index contributed by atoms with van der Waals surface area (Å²) in [6.07, 6.45) is 11.6. The van der Waals surface area contributed by atoms with Crippen molar-refractivity contribution in [2.75, 3.05) is 6.54 Å². The minimum Gasteiger partial charge on any atom is -0.355 e. The lowest BCUT2D eigenvalue weighted by molar-refractivity contribution is -0.125. The van der Waals surface area contributed by atoms with Gasteiger partial charge in [0.1, 0.15) is 0 Å². The fourth-order valence-corrected chi connectivity index (χ4v) is 4.14. The van der Waals surface area contributed by atoms with Gasteiger partial charge in [-0.2, -0.15) is 0 Å². The number of nitrogens with one attached hydrogen (secondary N) is 1. The summed E-state index contributed by atoms with van der Waals surface area (Å²) in [5, 5.41) is 5.10. The first-order chi connectivity index (χ1) is 9.79. The van der Waals surface area contributed by atoms with Gasteiger partial charge >= 0.3 is 0 Å². The van der Waals surface area contributed by atoms with Gasteiger partial charge in [0, 0.05) is 36.7 Å². The molecule has 1 N–H and O–H groups in total. The number of allylic oxidation sites excluding steroid dienone is 2. The Balaban J connectivity index is 1.31. The molecular weight excluding hydrogens is 270 g/mol. The van der Waals surface area contributed by atoms with E-state index in [1.54, 1.807) is 11.3 Å². The number of nitrogens with zero attached hydrogens (tertiary/aromatic N) is 2. The average molecular weight is 287 g/mol. The number of amides is 1. The number of aromatic nitrogens is 2. The van der Waals surface area contributed by atoms with E-state index >= 15 is 0 Å². The van der Waals surface area contributed by atoms with Crippen LogP contribution in [-0.4, -0.2) is 21.8 Å². The van der Waals surface area contributed by atoms with Crippen LogP contribution in [0, 0.1) is 17.8 Å². The van der Waals surface area contributed by atoms with E-state index in [0.717, 1.165) is 23.5 Å². The maximum atomic E-state index is 12.2. The van der Waals surface area contributed by atoms with Gasteiger partial charge in [0.15, 0.2) is 4.96 Å². The van der Waals surface area contributed by atoms with Crippen molar-refractivity contribution in [3.8, 4) is 0 Å². The maximum Gasteiger partial charge on any atom is 0.223 e. The highest BCUT2D eigenvalue weighted by Gasteiger charge is 2.39. The van der Waals surface area contributed by atoms with Crippen molar-refractivity contribution >= 4 is 22.2 Å². The second-order valence-electron chi connectivity index (χ2n) is 5.75. The molecule has 2 aromatic rings. The molecule has 3 atom stereocenters. The Morgan fingerprint density at radius 2 is 2.40 bits per heavy atom. The van der Waals surface area contributed by atoms with Crippen LogP contribution >= 0.6 is 11.3 Å². The van der Waals surface area contributed by atoms with Crippen LogP contribution in [0.1, 0.15) is 18.5 Å². The van der Waals surface area contributed by atoms with Crippen LogP contribution in [0.3, 0.4) is 0 Å².